The standard InChI is InChI=1S/C17H18N2O2/c20-17(21)14-9-10-3-1-2-4-15(10)19-16(14)11-7-12-5-6-13(8-11)18-12/h1-4,9,11-13,18H,5-8H2,(H,20,21)/p-1. The fraction of sp³-hybridized carbons (Fsp3) is 0.412. The number of para-hydroxylation sites is 1. The van der Waals surface area contributed by atoms with Crippen LogP contribution in [0.1, 0.15) is 47.7 Å². The highest BCUT2D eigenvalue weighted by atomic mass is 16.4. The molecule has 0 saturated carbocycles. The maximum absolute atomic E-state index is 11.5. The number of aromatic carboxylic acids is 1. The Morgan fingerprint density at radius 1 is 1.19 bits per heavy atom. The molecule has 2 atom stereocenters. The van der Waals surface area contributed by atoms with Crippen molar-refractivity contribution < 1.29 is 9.90 Å². The lowest BCUT2D eigenvalue weighted by Crippen LogP contribution is -2.38. The van der Waals surface area contributed by atoms with Gasteiger partial charge in [-0.2, -0.15) is 0 Å². The first-order valence-electron chi connectivity index (χ1n) is 7.58. The van der Waals surface area contributed by atoms with Gasteiger partial charge in [0.2, 0.25) is 0 Å². The highest BCUT2D eigenvalue weighted by molar-refractivity contribution is 5.93. The highest BCUT2D eigenvalue weighted by Crippen LogP contribution is 2.38. The van der Waals surface area contributed by atoms with E-state index in [0.717, 1.165) is 23.7 Å². The van der Waals surface area contributed by atoms with Crippen LogP contribution in [0, 0.1) is 0 Å². The van der Waals surface area contributed by atoms with Crippen molar-refractivity contribution in [1.29, 1.82) is 0 Å². The molecule has 2 unspecified atom stereocenters. The van der Waals surface area contributed by atoms with Gasteiger partial charge in [0.1, 0.15) is 0 Å². The van der Waals surface area contributed by atoms with Crippen LogP contribution < -0.4 is 10.4 Å². The zero-order valence-corrected chi connectivity index (χ0v) is 11.7. The Morgan fingerprint density at radius 3 is 2.62 bits per heavy atom. The smallest absolute Gasteiger partial charge is 0.0733 e. The van der Waals surface area contributed by atoms with Crippen LogP contribution in [0.2, 0.25) is 0 Å². The summed E-state index contributed by atoms with van der Waals surface area (Å²) < 4.78 is 0. The molecule has 108 valence electrons. The van der Waals surface area contributed by atoms with E-state index in [1.807, 2.05) is 24.3 Å². The Bertz CT molecular complexity index is 701. The van der Waals surface area contributed by atoms with Crippen LogP contribution in [0.5, 0.6) is 0 Å². The average molecular weight is 281 g/mol. The molecular weight excluding hydrogens is 264 g/mol. The van der Waals surface area contributed by atoms with Gasteiger partial charge in [-0.3, -0.25) is 4.98 Å². The first-order chi connectivity index (χ1) is 10.2. The van der Waals surface area contributed by atoms with Crippen LogP contribution in [-0.4, -0.2) is 23.0 Å². The topological polar surface area (TPSA) is 65.0 Å². The summed E-state index contributed by atoms with van der Waals surface area (Å²) in [6.45, 7) is 0. The number of fused-ring (bicyclic) bond motifs is 3. The third kappa shape index (κ3) is 2.20. The predicted molar refractivity (Wildman–Crippen MR) is 78.0 cm³/mol. The molecule has 1 aromatic carbocycles. The van der Waals surface area contributed by atoms with Gasteiger partial charge in [0.05, 0.1) is 17.2 Å². The number of carbonyl (C=O) groups is 1. The maximum atomic E-state index is 11.5. The Hall–Kier alpha value is -1.94. The van der Waals surface area contributed by atoms with Crippen molar-refractivity contribution in [2.24, 2.45) is 0 Å². The van der Waals surface area contributed by atoms with Crippen molar-refractivity contribution in [3.8, 4) is 0 Å². The van der Waals surface area contributed by atoms with Gasteiger partial charge >= 0.3 is 0 Å². The van der Waals surface area contributed by atoms with Crippen LogP contribution in [-0.2, 0) is 0 Å². The van der Waals surface area contributed by atoms with Crippen molar-refractivity contribution >= 4 is 16.9 Å². The predicted octanol–water partition coefficient (Wildman–Crippen LogP) is 1.60. The highest BCUT2D eigenvalue weighted by Gasteiger charge is 2.35. The Morgan fingerprint density at radius 2 is 1.90 bits per heavy atom. The number of nitrogens with one attached hydrogen (secondary N) is 1. The monoisotopic (exact) mass is 281 g/mol. The number of nitrogens with zero attached hydrogens (tertiary/aromatic N) is 1. The lowest BCUT2D eigenvalue weighted by molar-refractivity contribution is -0.255. The molecule has 1 aromatic heterocycles. The fourth-order valence-electron chi connectivity index (χ4n) is 3.89. The first-order valence-corrected chi connectivity index (χ1v) is 7.58. The van der Waals surface area contributed by atoms with Crippen molar-refractivity contribution in [1.82, 2.24) is 10.3 Å². The molecule has 0 aliphatic carbocycles. The van der Waals surface area contributed by atoms with E-state index in [9.17, 15) is 9.90 Å². The lowest BCUT2D eigenvalue weighted by Gasteiger charge is -2.30. The SMILES string of the molecule is O=C([O-])c1cc2ccccc2nc1C1CC2CCC(C1)N2. The number of rotatable bonds is 2. The summed E-state index contributed by atoms with van der Waals surface area (Å²) in [5.41, 5.74) is 1.84. The summed E-state index contributed by atoms with van der Waals surface area (Å²) in [7, 11) is 0. The normalized spacial score (nSPS) is 27.9. The summed E-state index contributed by atoms with van der Waals surface area (Å²) in [6.07, 6.45) is 4.33. The Labute approximate surface area is 123 Å². The molecule has 2 bridgehead atoms. The van der Waals surface area contributed by atoms with Gasteiger partial charge in [0, 0.05) is 29.0 Å². The average Bonchev–Trinajstić information content (AvgIpc) is 2.84. The minimum absolute atomic E-state index is 0.223. The molecule has 3 heterocycles. The molecule has 1 N–H and O–H groups in total. The molecule has 0 spiro atoms. The molecule has 2 fully saturated rings. The molecule has 4 nitrogen and oxygen atoms in total. The fourth-order valence-corrected chi connectivity index (χ4v) is 3.89. The van der Waals surface area contributed by atoms with Gasteiger partial charge in [-0.15, -0.1) is 0 Å². The second-order valence-electron chi connectivity index (χ2n) is 6.21. The van der Waals surface area contributed by atoms with Gasteiger partial charge in [-0.25, -0.2) is 0 Å². The molecule has 4 rings (SSSR count). The molecule has 0 radical (unpaired) electrons. The minimum atomic E-state index is -1.12. The summed E-state index contributed by atoms with van der Waals surface area (Å²) >= 11 is 0. The number of aromatic nitrogens is 1. The van der Waals surface area contributed by atoms with E-state index in [-0.39, 0.29) is 11.5 Å². The van der Waals surface area contributed by atoms with E-state index < -0.39 is 5.97 Å². The number of carboxylic acid groups (broad SMARTS) is 1. The minimum Gasteiger partial charge on any atom is -0.545 e. The number of benzene rings is 1. The van der Waals surface area contributed by atoms with Crippen molar-refractivity contribution in [2.45, 2.75) is 43.7 Å². The summed E-state index contributed by atoms with van der Waals surface area (Å²) in [6, 6.07) is 10.4. The van der Waals surface area contributed by atoms with E-state index in [1.54, 1.807) is 6.07 Å². The van der Waals surface area contributed by atoms with E-state index in [1.165, 1.54) is 12.8 Å². The molecule has 0 amide bonds. The van der Waals surface area contributed by atoms with Crippen molar-refractivity contribution in [3.63, 3.8) is 0 Å². The third-order valence-corrected chi connectivity index (χ3v) is 4.83. The van der Waals surface area contributed by atoms with Crippen LogP contribution in [0.25, 0.3) is 10.9 Å². The van der Waals surface area contributed by atoms with Crippen LogP contribution >= 0.6 is 0 Å². The number of carboxylic acids is 1. The molecule has 2 aliphatic rings. The second kappa shape index (κ2) is 4.81. The van der Waals surface area contributed by atoms with E-state index in [4.69, 9.17) is 0 Å². The lowest BCUT2D eigenvalue weighted by atomic mass is 9.86. The largest absolute Gasteiger partial charge is 0.545 e. The summed E-state index contributed by atoms with van der Waals surface area (Å²) in [4.78, 5) is 16.2. The third-order valence-electron chi connectivity index (χ3n) is 4.83. The van der Waals surface area contributed by atoms with Gasteiger partial charge in [0.15, 0.2) is 0 Å². The maximum Gasteiger partial charge on any atom is 0.0733 e. The number of hydrogen-bond donors (Lipinski definition) is 1. The van der Waals surface area contributed by atoms with Crippen LogP contribution in [0.15, 0.2) is 30.3 Å². The molecule has 2 aliphatic heterocycles. The van der Waals surface area contributed by atoms with Crippen molar-refractivity contribution in [3.05, 3.63) is 41.6 Å². The quantitative estimate of drug-likeness (QED) is 0.908. The van der Waals surface area contributed by atoms with E-state index in [0.29, 0.717) is 17.8 Å². The number of hydrogen-bond acceptors (Lipinski definition) is 4. The van der Waals surface area contributed by atoms with Gasteiger partial charge in [-0.05, 0) is 37.8 Å². The zero-order chi connectivity index (χ0) is 14.4. The molecule has 2 saturated heterocycles. The van der Waals surface area contributed by atoms with Crippen molar-refractivity contribution in [2.75, 3.05) is 0 Å². The number of pyridine rings is 1. The number of carbonyl (C=O) groups excluding carboxylic acids is 1. The molecule has 21 heavy (non-hydrogen) atoms. The van der Waals surface area contributed by atoms with Gasteiger partial charge in [-0.1, -0.05) is 18.2 Å². The summed E-state index contributed by atoms with van der Waals surface area (Å²) in [5.74, 6) is -0.893. The molecular formula is C17H17N2O2-. The zero-order valence-electron chi connectivity index (χ0n) is 11.7. The van der Waals surface area contributed by atoms with Gasteiger partial charge < -0.3 is 15.2 Å². The second-order valence-corrected chi connectivity index (χ2v) is 6.21. The first kappa shape index (κ1) is 12.8. The van der Waals surface area contributed by atoms with Crippen LogP contribution in [0.4, 0.5) is 0 Å². The Kier molecular flexibility index (Phi) is 2.93. The van der Waals surface area contributed by atoms with E-state index in [2.05, 4.69) is 10.3 Å². The molecule has 4 heteroatoms. The number of piperidine rings is 1. The molecule has 2 aromatic rings. The Balaban J connectivity index is 1.82. The van der Waals surface area contributed by atoms with E-state index >= 15 is 0 Å². The summed E-state index contributed by atoms with van der Waals surface area (Å²) in [5, 5.41) is 16.0. The van der Waals surface area contributed by atoms with Gasteiger partial charge in [0.25, 0.3) is 0 Å². The van der Waals surface area contributed by atoms with Crippen LogP contribution in [0.3, 0.4) is 0 Å².